The van der Waals surface area contributed by atoms with E-state index in [1.165, 1.54) is 16.8 Å². The third-order valence-electron chi connectivity index (χ3n) is 8.01. The van der Waals surface area contributed by atoms with E-state index in [-0.39, 0.29) is 0 Å². The van der Waals surface area contributed by atoms with Crippen molar-refractivity contribution >= 4 is 22.5 Å². The Hall–Kier alpha value is -2.79. The lowest BCUT2D eigenvalue weighted by Gasteiger charge is -2.56. The van der Waals surface area contributed by atoms with Gasteiger partial charge >= 0.3 is 0 Å². The molecule has 5 heteroatoms. The van der Waals surface area contributed by atoms with Crippen LogP contribution in [0, 0.1) is 0 Å². The zero-order chi connectivity index (χ0) is 23.3. The summed E-state index contributed by atoms with van der Waals surface area (Å²) in [6.45, 7) is 2.39. The van der Waals surface area contributed by atoms with E-state index in [9.17, 15) is 5.11 Å². The number of aliphatic hydroxyl groups is 1. The smallest absolute Gasteiger partial charge is 0.119 e. The summed E-state index contributed by atoms with van der Waals surface area (Å²) in [5.74, 6) is 0.829. The molecule has 2 atom stereocenters. The highest BCUT2D eigenvalue weighted by molar-refractivity contribution is 6.31. The summed E-state index contributed by atoms with van der Waals surface area (Å²) in [6, 6.07) is 24.8. The van der Waals surface area contributed by atoms with Gasteiger partial charge in [0.1, 0.15) is 5.75 Å². The van der Waals surface area contributed by atoms with Gasteiger partial charge in [-0.05, 0) is 53.9 Å². The van der Waals surface area contributed by atoms with Gasteiger partial charge in [0.2, 0.25) is 0 Å². The molecule has 0 spiro atoms. The van der Waals surface area contributed by atoms with E-state index < -0.39 is 11.0 Å². The maximum Gasteiger partial charge on any atom is 0.119 e. The van der Waals surface area contributed by atoms with E-state index in [1.54, 1.807) is 7.11 Å². The van der Waals surface area contributed by atoms with Gasteiger partial charge in [0.05, 0.1) is 12.7 Å². The standard InChI is InChI=1S/C29H29ClN2O2/c1-34-23-9-5-8-21(14-23)28-12-13-32(18-20-6-3-2-4-7-20)19-29(28,33)16-25-24-11-10-22(30)15-26(24)31-27(25)17-28/h2-11,14-15,31,33H,12-13,16-19H2,1H3/t28-,29-/m0/s1. The first-order chi connectivity index (χ1) is 16.5. The van der Waals surface area contributed by atoms with Crippen molar-refractivity contribution in [1.29, 1.82) is 0 Å². The zero-order valence-electron chi connectivity index (χ0n) is 19.4. The van der Waals surface area contributed by atoms with Crippen molar-refractivity contribution in [2.75, 3.05) is 20.2 Å². The number of β-amino-alcohol motifs (C(OH)–C–C–N with tert-alkyl or cyclic N) is 1. The molecule has 1 aromatic heterocycles. The quantitative estimate of drug-likeness (QED) is 0.412. The number of nitrogens with zero attached hydrogens (tertiary/aromatic N) is 1. The molecule has 4 aromatic rings. The fourth-order valence-electron chi connectivity index (χ4n) is 6.30. The lowest BCUT2D eigenvalue weighted by molar-refractivity contribution is -0.105. The molecular formula is C29H29ClN2O2. The maximum atomic E-state index is 12.6. The van der Waals surface area contributed by atoms with Crippen molar-refractivity contribution in [3.8, 4) is 5.75 Å². The summed E-state index contributed by atoms with van der Waals surface area (Å²) in [7, 11) is 1.70. The highest BCUT2D eigenvalue weighted by Crippen LogP contribution is 2.52. The number of aromatic nitrogens is 1. The van der Waals surface area contributed by atoms with Crippen LogP contribution in [-0.2, 0) is 24.8 Å². The minimum absolute atomic E-state index is 0.396. The monoisotopic (exact) mass is 472 g/mol. The van der Waals surface area contributed by atoms with E-state index >= 15 is 0 Å². The number of H-pyrrole nitrogens is 1. The van der Waals surface area contributed by atoms with Crippen molar-refractivity contribution in [2.45, 2.75) is 36.8 Å². The molecule has 1 fully saturated rings. The second-order valence-corrected chi connectivity index (χ2v) is 10.4. The fraction of sp³-hybridized carbons (Fsp3) is 0.310. The SMILES string of the molecule is COc1cccc([C@@]23CCN(Cc4ccccc4)C[C@@]2(O)Cc2c([nH]c4cc(Cl)ccc24)C3)c1. The number of halogens is 1. The lowest BCUT2D eigenvalue weighted by Crippen LogP contribution is -2.66. The van der Waals surface area contributed by atoms with Crippen molar-refractivity contribution in [3.63, 3.8) is 0 Å². The first-order valence-electron chi connectivity index (χ1n) is 11.9. The van der Waals surface area contributed by atoms with E-state index in [2.05, 4.69) is 52.3 Å². The molecule has 2 N–H and O–H groups in total. The van der Waals surface area contributed by atoms with Crippen LogP contribution in [0.4, 0.5) is 0 Å². The molecule has 2 heterocycles. The second kappa shape index (κ2) is 8.16. The molecule has 0 unspecified atom stereocenters. The third-order valence-corrected chi connectivity index (χ3v) is 8.24. The summed E-state index contributed by atoms with van der Waals surface area (Å²) >= 11 is 6.29. The summed E-state index contributed by atoms with van der Waals surface area (Å²) < 4.78 is 5.57. The lowest BCUT2D eigenvalue weighted by atomic mass is 9.56. The molecule has 34 heavy (non-hydrogen) atoms. The van der Waals surface area contributed by atoms with Gasteiger partial charge in [-0.3, -0.25) is 4.90 Å². The molecule has 0 bridgehead atoms. The Balaban J connectivity index is 1.46. The number of methoxy groups -OCH3 is 1. The number of fused-ring (bicyclic) bond motifs is 4. The van der Waals surface area contributed by atoms with Gasteiger partial charge in [-0.15, -0.1) is 0 Å². The molecule has 1 aliphatic heterocycles. The van der Waals surface area contributed by atoms with Gasteiger partial charge in [-0.2, -0.15) is 0 Å². The summed E-state index contributed by atoms with van der Waals surface area (Å²) in [5.41, 5.74) is 4.59. The first kappa shape index (κ1) is 21.7. The van der Waals surface area contributed by atoms with Crippen LogP contribution in [-0.4, -0.2) is 40.8 Å². The van der Waals surface area contributed by atoms with Crippen LogP contribution in [0.5, 0.6) is 5.75 Å². The summed E-state index contributed by atoms with van der Waals surface area (Å²) in [4.78, 5) is 6.05. The molecule has 174 valence electrons. The Labute approximate surface area is 205 Å². The number of likely N-dealkylation sites (tertiary alicyclic amines) is 1. The number of hydrogen-bond acceptors (Lipinski definition) is 3. The molecule has 3 aromatic carbocycles. The van der Waals surface area contributed by atoms with E-state index in [1.807, 2.05) is 30.3 Å². The fourth-order valence-corrected chi connectivity index (χ4v) is 6.48. The van der Waals surface area contributed by atoms with E-state index in [0.29, 0.717) is 13.0 Å². The molecule has 4 nitrogen and oxygen atoms in total. The Morgan fingerprint density at radius 1 is 1.03 bits per heavy atom. The van der Waals surface area contributed by atoms with Crippen LogP contribution in [0.2, 0.25) is 5.02 Å². The van der Waals surface area contributed by atoms with Crippen molar-refractivity contribution in [1.82, 2.24) is 9.88 Å². The van der Waals surface area contributed by atoms with Crippen LogP contribution in [0.3, 0.4) is 0 Å². The number of nitrogens with one attached hydrogen (secondary N) is 1. The summed E-state index contributed by atoms with van der Waals surface area (Å²) in [6.07, 6.45) is 2.24. The second-order valence-electron chi connectivity index (χ2n) is 9.92. The molecule has 2 aliphatic rings. The van der Waals surface area contributed by atoms with Gasteiger partial charge in [0.15, 0.2) is 0 Å². The number of benzene rings is 3. The van der Waals surface area contributed by atoms with Gasteiger partial charge < -0.3 is 14.8 Å². The predicted octanol–water partition coefficient (Wildman–Crippen LogP) is 5.50. The predicted molar refractivity (Wildman–Crippen MR) is 137 cm³/mol. The number of ether oxygens (including phenoxy) is 1. The number of hydrogen-bond donors (Lipinski definition) is 2. The molecular weight excluding hydrogens is 444 g/mol. The number of aromatic amines is 1. The molecule has 6 rings (SSSR count). The van der Waals surface area contributed by atoms with Gasteiger partial charge in [-0.25, -0.2) is 0 Å². The van der Waals surface area contributed by atoms with Crippen molar-refractivity contribution < 1.29 is 9.84 Å². The highest BCUT2D eigenvalue weighted by atomic mass is 35.5. The van der Waals surface area contributed by atoms with Gasteiger partial charge in [0.25, 0.3) is 0 Å². The Morgan fingerprint density at radius 2 is 1.88 bits per heavy atom. The van der Waals surface area contributed by atoms with E-state index in [4.69, 9.17) is 16.3 Å². The molecule has 0 saturated carbocycles. The largest absolute Gasteiger partial charge is 0.497 e. The number of rotatable bonds is 4. The maximum absolute atomic E-state index is 12.6. The minimum atomic E-state index is -0.909. The Kier molecular flexibility index (Phi) is 5.21. The van der Waals surface area contributed by atoms with Crippen LogP contribution < -0.4 is 4.74 Å². The Bertz CT molecular complexity index is 1350. The van der Waals surface area contributed by atoms with Crippen LogP contribution in [0.1, 0.15) is 28.8 Å². The van der Waals surface area contributed by atoms with Crippen molar-refractivity contribution in [2.24, 2.45) is 0 Å². The van der Waals surface area contributed by atoms with Gasteiger partial charge in [-0.1, -0.05) is 60.1 Å². The normalized spacial score (nSPS) is 24.6. The average molecular weight is 473 g/mol. The molecule has 0 amide bonds. The molecule has 1 saturated heterocycles. The van der Waals surface area contributed by atoms with Crippen LogP contribution in [0.15, 0.2) is 72.8 Å². The first-order valence-corrected chi connectivity index (χ1v) is 12.3. The average Bonchev–Trinajstić information content (AvgIpc) is 3.18. The zero-order valence-corrected chi connectivity index (χ0v) is 20.1. The molecule has 1 aliphatic carbocycles. The van der Waals surface area contributed by atoms with Crippen molar-refractivity contribution in [3.05, 3.63) is 100 Å². The number of piperidine rings is 1. The topological polar surface area (TPSA) is 48.5 Å². The minimum Gasteiger partial charge on any atom is -0.497 e. The molecule has 0 radical (unpaired) electrons. The van der Waals surface area contributed by atoms with Gasteiger partial charge in [0, 0.05) is 53.0 Å². The van der Waals surface area contributed by atoms with Crippen LogP contribution in [0.25, 0.3) is 10.9 Å². The Morgan fingerprint density at radius 3 is 2.71 bits per heavy atom. The highest BCUT2D eigenvalue weighted by Gasteiger charge is 2.57. The third kappa shape index (κ3) is 3.44. The van der Waals surface area contributed by atoms with E-state index in [0.717, 1.165) is 53.2 Å². The summed E-state index contributed by atoms with van der Waals surface area (Å²) in [5, 5.41) is 14.4. The van der Waals surface area contributed by atoms with Crippen LogP contribution >= 0.6 is 11.6 Å².